The van der Waals surface area contributed by atoms with Crippen LogP contribution in [0.4, 0.5) is 4.39 Å². The number of halogens is 1. The van der Waals surface area contributed by atoms with Crippen molar-refractivity contribution in [1.29, 1.82) is 0 Å². The lowest BCUT2D eigenvalue weighted by atomic mass is 10.0. The highest BCUT2D eigenvalue weighted by atomic mass is 19.1. The minimum atomic E-state index is -0.274. The van der Waals surface area contributed by atoms with E-state index in [0.29, 0.717) is 18.8 Å². The summed E-state index contributed by atoms with van der Waals surface area (Å²) in [5.74, 6) is 1.24. The van der Waals surface area contributed by atoms with Crippen molar-refractivity contribution >= 4 is 16.9 Å². The Bertz CT molecular complexity index is 1220. The molecule has 1 fully saturated rings. The lowest BCUT2D eigenvalue weighted by molar-refractivity contribution is -0.134. The van der Waals surface area contributed by atoms with Crippen molar-refractivity contribution in [1.82, 2.24) is 14.5 Å². The molecule has 1 aliphatic rings. The van der Waals surface area contributed by atoms with E-state index in [1.54, 1.807) is 12.1 Å². The Morgan fingerprint density at radius 3 is 2.38 bits per heavy atom. The zero-order valence-electron chi connectivity index (χ0n) is 17.7. The van der Waals surface area contributed by atoms with Gasteiger partial charge >= 0.3 is 0 Å². The normalized spacial score (nSPS) is 14.6. The number of imidazole rings is 1. The molecule has 162 valence electrons. The first kappa shape index (κ1) is 20.2. The van der Waals surface area contributed by atoms with E-state index in [1.165, 1.54) is 6.07 Å². The van der Waals surface area contributed by atoms with Crippen LogP contribution in [0.5, 0.6) is 5.75 Å². The molecular formula is C26H24FN3O2. The molecule has 1 amide bonds. The largest absolute Gasteiger partial charge is 0.484 e. The Balaban J connectivity index is 1.34. The molecule has 6 heteroatoms. The van der Waals surface area contributed by atoms with Gasteiger partial charge in [-0.1, -0.05) is 48.5 Å². The second-order valence-corrected chi connectivity index (χ2v) is 8.02. The zero-order valence-corrected chi connectivity index (χ0v) is 17.7. The van der Waals surface area contributed by atoms with E-state index in [0.717, 1.165) is 35.3 Å². The van der Waals surface area contributed by atoms with Crippen molar-refractivity contribution < 1.29 is 13.9 Å². The fraction of sp³-hybridized carbons (Fsp3) is 0.231. The lowest BCUT2D eigenvalue weighted by Gasteiger charge is -2.33. The second kappa shape index (κ2) is 8.83. The van der Waals surface area contributed by atoms with Gasteiger partial charge in [0.15, 0.2) is 6.61 Å². The summed E-state index contributed by atoms with van der Waals surface area (Å²) < 4.78 is 21.8. The van der Waals surface area contributed by atoms with Gasteiger partial charge in [-0.2, -0.15) is 0 Å². The van der Waals surface area contributed by atoms with Crippen LogP contribution >= 0.6 is 0 Å². The number of para-hydroxylation sites is 1. The van der Waals surface area contributed by atoms with Gasteiger partial charge in [0.25, 0.3) is 5.91 Å². The van der Waals surface area contributed by atoms with E-state index in [1.807, 2.05) is 65.6 Å². The predicted molar refractivity (Wildman–Crippen MR) is 122 cm³/mol. The van der Waals surface area contributed by atoms with Crippen LogP contribution in [0.25, 0.3) is 22.4 Å². The Morgan fingerprint density at radius 2 is 1.66 bits per heavy atom. The van der Waals surface area contributed by atoms with Crippen LogP contribution in [-0.2, 0) is 4.79 Å². The number of aromatic nitrogens is 2. The maximum atomic E-state index is 14.1. The molecule has 1 aromatic heterocycles. The number of benzene rings is 3. The number of hydrogen-bond donors (Lipinski definition) is 0. The third kappa shape index (κ3) is 4.08. The van der Waals surface area contributed by atoms with Crippen molar-refractivity contribution in [3.8, 4) is 17.1 Å². The van der Waals surface area contributed by atoms with Crippen LogP contribution in [0, 0.1) is 5.82 Å². The summed E-state index contributed by atoms with van der Waals surface area (Å²) in [6.07, 6.45) is 1.55. The van der Waals surface area contributed by atoms with Gasteiger partial charge in [0.1, 0.15) is 17.4 Å². The highest BCUT2D eigenvalue weighted by Gasteiger charge is 2.27. The Kier molecular flexibility index (Phi) is 5.58. The molecule has 32 heavy (non-hydrogen) atoms. The first-order chi connectivity index (χ1) is 15.7. The number of ether oxygens (including phenoxy) is 1. The quantitative estimate of drug-likeness (QED) is 0.444. The number of nitrogens with zero attached hydrogens (tertiary/aromatic N) is 3. The highest BCUT2D eigenvalue weighted by molar-refractivity contribution is 5.81. The molecule has 2 heterocycles. The van der Waals surface area contributed by atoms with Gasteiger partial charge < -0.3 is 14.2 Å². The molecule has 1 saturated heterocycles. The number of carbonyl (C=O) groups is 1. The van der Waals surface area contributed by atoms with E-state index in [-0.39, 0.29) is 24.4 Å². The number of carbonyl (C=O) groups excluding carboxylic acids is 1. The number of piperidine rings is 1. The van der Waals surface area contributed by atoms with Crippen molar-refractivity contribution in [2.75, 3.05) is 19.7 Å². The average Bonchev–Trinajstić information content (AvgIpc) is 3.22. The van der Waals surface area contributed by atoms with E-state index >= 15 is 0 Å². The summed E-state index contributed by atoms with van der Waals surface area (Å²) in [5, 5.41) is 0. The molecule has 4 aromatic rings. The molecule has 5 nitrogen and oxygen atoms in total. The minimum Gasteiger partial charge on any atom is -0.484 e. The van der Waals surface area contributed by atoms with Gasteiger partial charge in [-0.15, -0.1) is 0 Å². The third-order valence-corrected chi connectivity index (χ3v) is 5.97. The van der Waals surface area contributed by atoms with Crippen molar-refractivity contribution in [3.63, 3.8) is 0 Å². The molecule has 1 aliphatic heterocycles. The molecule has 0 atom stereocenters. The first-order valence-electron chi connectivity index (χ1n) is 10.9. The number of likely N-dealkylation sites (tertiary alicyclic amines) is 1. The molecule has 0 radical (unpaired) electrons. The Labute approximate surface area is 186 Å². The van der Waals surface area contributed by atoms with Crippen LogP contribution in [0.2, 0.25) is 0 Å². The van der Waals surface area contributed by atoms with Gasteiger partial charge in [0.2, 0.25) is 0 Å². The fourth-order valence-corrected chi connectivity index (χ4v) is 4.35. The minimum absolute atomic E-state index is 0.0166. The summed E-state index contributed by atoms with van der Waals surface area (Å²) in [6, 6.07) is 24.2. The van der Waals surface area contributed by atoms with Crippen LogP contribution in [0.15, 0.2) is 78.9 Å². The van der Waals surface area contributed by atoms with Gasteiger partial charge in [0, 0.05) is 24.7 Å². The topological polar surface area (TPSA) is 47.4 Å². The van der Waals surface area contributed by atoms with Gasteiger partial charge in [-0.3, -0.25) is 4.79 Å². The number of fused-ring (bicyclic) bond motifs is 1. The van der Waals surface area contributed by atoms with Crippen molar-refractivity contribution in [2.24, 2.45) is 0 Å². The van der Waals surface area contributed by atoms with Gasteiger partial charge in [0.05, 0.1) is 11.0 Å². The molecule has 3 aromatic carbocycles. The summed E-state index contributed by atoms with van der Waals surface area (Å²) in [4.78, 5) is 19.3. The molecule has 0 N–H and O–H groups in total. The molecular weight excluding hydrogens is 405 g/mol. The SMILES string of the molecule is O=C(COc1ccccc1)N1CCC(n2c(-c3ccccc3)nc3ccc(F)cc32)CC1. The van der Waals surface area contributed by atoms with E-state index in [2.05, 4.69) is 4.57 Å². The van der Waals surface area contributed by atoms with E-state index < -0.39 is 0 Å². The van der Waals surface area contributed by atoms with Gasteiger partial charge in [-0.05, 0) is 43.2 Å². The molecule has 5 rings (SSSR count). The first-order valence-corrected chi connectivity index (χ1v) is 10.9. The molecule has 0 aliphatic carbocycles. The molecule has 0 unspecified atom stereocenters. The lowest BCUT2D eigenvalue weighted by Crippen LogP contribution is -2.41. The second-order valence-electron chi connectivity index (χ2n) is 8.02. The number of amides is 1. The van der Waals surface area contributed by atoms with E-state index in [9.17, 15) is 9.18 Å². The summed E-state index contributed by atoms with van der Waals surface area (Å²) >= 11 is 0. The zero-order chi connectivity index (χ0) is 21.9. The summed E-state index contributed by atoms with van der Waals surface area (Å²) in [5.41, 5.74) is 2.57. The maximum Gasteiger partial charge on any atom is 0.260 e. The summed E-state index contributed by atoms with van der Waals surface area (Å²) in [7, 11) is 0. The van der Waals surface area contributed by atoms with Crippen molar-refractivity contribution in [3.05, 3.63) is 84.7 Å². The molecule has 0 spiro atoms. The number of rotatable bonds is 5. The maximum absolute atomic E-state index is 14.1. The smallest absolute Gasteiger partial charge is 0.260 e. The Morgan fingerprint density at radius 1 is 0.969 bits per heavy atom. The standard InChI is InChI=1S/C26H24FN3O2/c27-20-11-12-23-24(17-20)30(26(28-23)19-7-3-1-4-8-19)21-13-15-29(16-14-21)25(31)18-32-22-9-5-2-6-10-22/h1-12,17,21H,13-16,18H2. The highest BCUT2D eigenvalue weighted by Crippen LogP contribution is 2.33. The summed E-state index contributed by atoms with van der Waals surface area (Å²) in [6.45, 7) is 1.29. The van der Waals surface area contributed by atoms with E-state index in [4.69, 9.17) is 9.72 Å². The molecule has 0 bridgehead atoms. The molecule has 0 saturated carbocycles. The predicted octanol–water partition coefficient (Wildman–Crippen LogP) is 5.08. The number of hydrogen-bond acceptors (Lipinski definition) is 3. The van der Waals surface area contributed by atoms with Crippen LogP contribution in [0.1, 0.15) is 18.9 Å². The van der Waals surface area contributed by atoms with Crippen LogP contribution < -0.4 is 4.74 Å². The van der Waals surface area contributed by atoms with Crippen LogP contribution in [-0.4, -0.2) is 40.1 Å². The Hall–Kier alpha value is -3.67. The average molecular weight is 429 g/mol. The van der Waals surface area contributed by atoms with Crippen molar-refractivity contribution in [2.45, 2.75) is 18.9 Å². The third-order valence-electron chi connectivity index (χ3n) is 5.97. The van der Waals surface area contributed by atoms with Gasteiger partial charge in [-0.25, -0.2) is 9.37 Å². The monoisotopic (exact) mass is 429 g/mol. The van der Waals surface area contributed by atoms with Crippen LogP contribution in [0.3, 0.4) is 0 Å². The fourth-order valence-electron chi connectivity index (χ4n) is 4.35.